The molecule has 1 unspecified atom stereocenters. The molecule has 0 spiro atoms. The molecule has 5 heterocycles. The normalized spacial score (nSPS) is 16.9. The highest BCUT2D eigenvalue weighted by molar-refractivity contribution is 5.78. The Morgan fingerprint density at radius 2 is 1.75 bits per heavy atom. The van der Waals surface area contributed by atoms with Crippen molar-refractivity contribution in [1.82, 2.24) is 30.2 Å². The number of nitrogens with one attached hydrogen (secondary N) is 3. The lowest BCUT2D eigenvalue weighted by Crippen LogP contribution is -2.27. The third-order valence-electron chi connectivity index (χ3n) is 8.59. The van der Waals surface area contributed by atoms with Crippen LogP contribution in [-0.2, 0) is 6.54 Å². The highest BCUT2D eigenvalue weighted by Crippen LogP contribution is 2.26. The minimum absolute atomic E-state index is 0.166. The van der Waals surface area contributed by atoms with Gasteiger partial charge in [0.1, 0.15) is 5.65 Å². The minimum Gasteiger partial charge on any atom is -0.324 e. The quantitative estimate of drug-likeness (QED) is 0.241. The van der Waals surface area contributed by atoms with Crippen LogP contribution >= 0.6 is 0 Å². The van der Waals surface area contributed by atoms with Crippen molar-refractivity contribution in [1.29, 1.82) is 0 Å². The first kappa shape index (κ1) is 28.0. The first-order chi connectivity index (χ1) is 21.7. The van der Waals surface area contributed by atoms with E-state index in [1.54, 1.807) is 17.0 Å². The van der Waals surface area contributed by atoms with Crippen LogP contribution in [0.2, 0.25) is 0 Å². The first-order valence-electron chi connectivity index (χ1n) is 15.4. The number of hydrogen-bond acceptors (Lipinski definition) is 7. The monoisotopic (exact) mass is 581 g/mol. The average Bonchev–Trinajstić information content (AvgIpc) is 3.62. The lowest BCUT2D eigenvalue weighted by atomic mass is 9.98. The van der Waals surface area contributed by atoms with E-state index in [0.29, 0.717) is 29.6 Å². The van der Waals surface area contributed by atoms with E-state index >= 15 is 0 Å². The molecular formula is C36H35N7O. The van der Waals surface area contributed by atoms with Crippen molar-refractivity contribution in [2.45, 2.75) is 31.7 Å². The van der Waals surface area contributed by atoms with Crippen LogP contribution in [0.1, 0.15) is 41.9 Å². The lowest BCUT2D eigenvalue weighted by Gasteiger charge is -2.17. The minimum atomic E-state index is -0.166. The second-order valence-corrected chi connectivity index (χ2v) is 11.6. The Bertz CT molecular complexity index is 1880. The van der Waals surface area contributed by atoms with Crippen LogP contribution in [0.15, 0.2) is 90.1 Å². The summed E-state index contributed by atoms with van der Waals surface area (Å²) in [6.45, 7) is 4.29. The van der Waals surface area contributed by atoms with Crippen LogP contribution < -0.4 is 21.5 Å². The second-order valence-electron chi connectivity index (χ2n) is 11.6. The van der Waals surface area contributed by atoms with Gasteiger partial charge in [0.2, 0.25) is 5.95 Å². The molecule has 1 atom stereocenters. The summed E-state index contributed by atoms with van der Waals surface area (Å²) in [6, 6.07) is 22.4. The number of anilines is 2. The van der Waals surface area contributed by atoms with Gasteiger partial charge in [-0.15, -0.1) is 0 Å². The van der Waals surface area contributed by atoms with Gasteiger partial charge in [0, 0.05) is 42.1 Å². The van der Waals surface area contributed by atoms with Crippen molar-refractivity contribution in [2.75, 3.05) is 31.5 Å². The zero-order chi connectivity index (χ0) is 29.7. The van der Waals surface area contributed by atoms with Crippen molar-refractivity contribution in [3.8, 4) is 23.0 Å². The van der Waals surface area contributed by atoms with Crippen LogP contribution in [0.25, 0.3) is 22.2 Å². The van der Waals surface area contributed by atoms with Crippen molar-refractivity contribution < 1.29 is 0 Å². The van der Waals surface area contributed by atoms with E-state index in [4.69, 9.17) is 4.98 Å². The summed E-state index contributed by atoms with van der Waals surface area (Å²) < 4.78 is 1.72. The Balaban J connectivity index is 1.27. The zero-order valence-corrected chi connectivity index (χ0v) is 24.6. The molecule has 0 aliphatic carbocycles. The van der Waals surface area contributed by atoms with Crippen LogP contribution in [0.3, 0.4) is 0 Å². The van der Waals surface area contributed by atoms with Gasteiger partial charge in [0.25, 0.3) is 5.56 Å². The molecule has 0 amide bonds. The molecule has 8 nitrogen and oxygen atoms in total. The molecule has 2 aliphatic rings. The number of aromatic nitrogens is 4. The fourth-order valence-corrected chi connectivity index (χ4v) is 6.13. The highest BCUT2D eigenvalue weighted by atomic mass is 16.1. The molecule has 5 aromatic rings. The van der Waals surface area contributed by atoms with Crippen molar-refractivity contribution in [3.05, 3.63) is 112 Å². The van der Waals surface area contributed by atoms with Gasteiger partial charge in [0.05, 0.1) is 12.1 Å². The van der Waals surface area contributed by atoms with Crippen molar-refractivity contribution in [3.63, 3.8) is 0 Å². The summed E-state index contributed by atoms with van der Waals surface area (Å²) >= 11 is 0. The number of piperidine rings is 1. The first-order valence-corrected chi connectivity index (χ1v) is 15.4. The van der Waals surface area contributed by atoms with Gasteiger partial charge in [0.15, 0.2) is 0 Å². The number of nitrogens with zero attached hydrogens (tertiary/aromatic N) is 4. The molecule has 3 aromatic heterocycles. The lowest BCUT2D eigenvalue weighted by molar-refractivity contribution is 0.447. The number of hydrogen-bond donors (Lipinski definition) is 3. The van der Waals surface area contributed by atoms with Gasteiger partial charge in [-0.05, 0) is 91.3 Å². The Kier molecular flexibility index (Phi) is 8.13. The number of fused-ring (bicyclic) bond motifs is 1. The largest absolute Gasteiger partial charge is 0.324 e. The van der Waals surface area contributed by atoms with E-state index in [9.17, 15) is 4.79 Å². The summed E-state index contributed by atoms with van der Waals surface area (Å²) in [4.78, 5) is 28.0. The van der Waals surface area contributed by atoms with Gasteiger partial charge in [-0.25, -0.2) is 4.98 Å². The number of benzene rings is 2. The smallest absolute Gasteiger partial charge is 0.268 e. The van der Waals surface area contributed by atoms with Gasteiger partial charge in [-0.1, -0.05) is 54.3 Å². The van der Waals surface area contributed by atoms with Gasteiger partial charge in [-0.2, -0.15) is 4.98 Å². The van der Waals surface area contributed by atoms with Gasteiger partial charge in [-0.3, -0.25) is 14.3 Å². The van der Waals surface area contributed by atoms with Crippen LogP contribution in [0.5, 0.6) is 0 Å². The summed E-state index contributed by atoms with van der Waals surface area (Å²) in [7, 11) is 0. The van der Waals surface area contributed by atoms with E-state index in [1.165, 1.54) is 5.56 Å². The topological polar surface area (TPSA) is 96.8 Å². The Morgan fingerprint density at radius 1 is 0.932 bits per heavy atom. The fourth-order valence-electron chi connectivity index (χ4n) is 6.13. The molecule has 8 heteroatoms. The highest BCUT2D eigenvalue weighted by Gasteiger charge is 2.17. The fraction of sp³-hybridized carbons (Fsp3) is 0.278. The van der Waals surface area contributed by atoms with Crippen LogP contribution in [-0.4, -0.2) is 45.7 Å². The molecule has 2 saturated heterocycles. The van der Waals surface area contributed by atoms with E-state index in [2.05, 4.69) is 74.2 Å². The number of pyridine rings is 2. The number of rotatable bonds is 6. The summed E-state index contributed by atoms with van der Waals surface area (Å²) in [5, 5.41) is 10.9. The molecule has 7 rings (SSSR count). The molecule has 0 saturated carbocycles. The van der Waals surface area contributed by atoms with Crippen molar-refractivity contribution in [2.24, 2.45) is 5.92 Å². The third kappa shape index (κ3) is 6.11. The standard InChI is InChI=1S/C36H35N7O/c44-35-28(7-6-25-12-16-37-17-13-25)20-30-23-40-36(41-32-10-8-26(9-11-32)29-14-18-38-21-29)42-34(30)43(35)24-31-22-39-19-15-33(31)27-4-2-1-3-5-27/h1-5,8-11,15,19-20,22-23,25,29,37-38H,12-14,16-18,21,24H2,(H,40,41,42). The average molecular weight is 582 g/mol. The molecule has 220 valence electrons. The molecule has 2 aliphatic heterocycles. The van der Waals surface area contributed by atoms with Crippen LogP contribution in [0.4, 0.5) is 11.6 Å². The summed E-state index contributed by atoms with van der Waals surface area (Å²) in [6.07, 6.45) is 8.52. The van der Waals surface area contributed by atoms with E-state index in [0.717, 1.165) is 73.2 Å². The SMILES string of the molecule is O=c1c(C#CC2CCNCC2)cc2cnc(Nc3ccc(C4CCNC4)cc3)nc2n1Cc1cnccc1-c1ccccc1. The molecule has 3 N–H and O–H groups in total. The molecule has 2 aromatic carbocycles. The molecule has 0 bridgehead atoms. The second kappa shape index (κ2) is 12.8. The zero-order valence-electron chi connectivity index (χ0n) is 24.6. The molecule has 0 radical (unpaired) electrons. The third-order valence-corrected chi connectivity index (χ3v) is 8.59. The Labute approximate surface area is 257 Å². The van der Waals surface area contributed by atoms with Gasteiger partial charge >= 0.3 is 0 Å². The maximum Gasteiger partial charge on any atom is 0.268 e. The summed E-state index contributed by atoms with van der Waals surface area (Å²) in [5.74, 6) is 7.86. The molecule has 2 fully saturated rings. The molecular weight excluding hydrogens is 546 g/mol. The molecule has 44 heavy (non-hydrogen) atoms. The predicted molar refractivity (Wildman–Crippen MR) is 175 cm³/mol. The maximum atomic E-state index is 14.1. The Morgan fingerprint density at radius 3 is 2.55 bits per heavy atom. The maximum absolute atomic E-state index is 14.1. The van der Waals surface area contributed by atoms with E-state index in [1.807, 2.05) is 36.5 Å². The summed E-state index contributed by atoms with van der Waals surface area (Å²) in [5.41, 5.74) is 6.10. The predicted octanol–water partition coefficient (Wildman–Crippen LogP) is 5.07. The Hall–Kier alpha value is -4.84. The van der Waals surface area contributed by atoms with Crippen molar-refractivity contribution >= 4 is 22.7 Å². The van der Waals surface area contributed by atoms with Crippen LogP contribution in [0, 0.1) is 17.8 Å². The van der Waals surface area contributed by atoms with E-state index < -0.39 is 0 Å². The van der Waals surface area contributed by atoms with Gasteiger partial charge < -0.3 is 16.0 Å². The van der Waals surface area contributed by atoms with E-state index in [-0.39, 0.29) is 11.5 Å².